The van der Waals surface area contributed by atoms with Crippen molar-refractivity contribution >= 4 is 29.7 Å². The lowest BCUT2D eigenvalue weighted by Crippen LogP contribution is -2.50. The molecule has 1 unspecified atom stereocenters. The van der Waals surface area contributed by atoms with Gasteiger partial charge in [-0.25, -0.2) is 23.2 Å². The number of hydrogen-bond acceptors (Lipinski definition) is 7. The second-order valence-electron chi connectivity index (χ2n) is 8.91. The molecule has 0 radical (unpaired) electrons. The molecule has 3 amide bonds. The highest BCUT2D eigenvalue weighted by Crippen LogP contribution is 2.32. The summed E-state index contributed by atoms with van der Waals surface area (Å²) in [5.41, 5.74) is -0.895. The molecule has 2 fully saturated rings. The van der Waals surface area contributed by atoms with Crippen LogP contribution in [0.25, 0.3) is 0 Å². The molecule has 0 bridgehead atoms. The minimum atomic E-state index is -0.850. The Bertz CT molecular complexity index is 907. The summed E-state index contributed by atoms with van der Waals surface area (Å²) in [6.07, 6.45) is -1.91. The number of cyclic esters (lactones) is 1. The minimum Gasteiger partial charge on any atom is -0.450 e. The molecular weight excluding hydrogens is 454 g/mol. The van der Waals surface area contributed by atoms with Crippen LogP contribution in [-0.2, 0) is 14.2 Å². The molecule has 2 aliphatic heterocycles. The summed E-state index contributed by atoms with van der Waals surface area (Å²) < 4.78 is 45.2. The summed E-state index contributed by atoms with van der Waals surface area (Å²) in [5.74, 6) is -1.70. The maximum absolute atomic E-state index is 15.0. The Morgan fingerprint density at radius 3 is 2.32 bits per heavy atom. The zero-order chi connectivity index (χ0) is 25.0. The van der Waals surface area contributed by atoms with E-state index in [1.807, 2.05) is 0 Å². The van der Waals surface area contributed by atoms with Crippen LogP contribution in [0.2, 0.25) is 0 Å². The Labute approximate surface area is 196 Å². The number of anilines is 2. The van der Waals surface area contributed by atoms with Gasteiger partial charge in [-0.15, -0.1) is 0 Å². The summed E-state index contributed by atoms with van der Waals surface area (Å²) in [7, 11) is 0. The molecule has 0 saturated carbocycles. The molecule has 0 aliphatic carbocycles. The van der Waals surface area contributed by atoms with Crippen molar-refractivity contribution < 1.29 is 37.4 Å². The van der Waals surface area contributed by atoms with Gasteiger partial charge >= 0.3 is 18.3 Å². The zero-order valence-corrected chi connectivity index (χ0v) is 19.7. The quantitative estimate of drug-likeness (QED) is 0.641. The molecule has 34 heavy (non-hydrogen) atoms. The number of carbonyl (C=O) groups excluding carboxylic acids is 3. The SMILES string of the molecule is CCOC(=O)NCC1COC(=O)N1c1cc(F)c(N2CCN(C(=O)OC(C)(C)C)CC2)c(F)c1. The normalized spacial score (nSPS) is 18.6. The number of ether oxygens (including phenoxy) is 3. The van der Waals surface area contributed by atoms with E-state index in [2.05, 4.69) is 5.32 Å². The van der Waals surface area contributed by atoms with Crippen LogP contribution < -0.4 is 15.1 Å². The van der Waals surface area contributed by atoms with Crippen LogP contribution in [0, 0.1) is 11.6 Å². The minimum absolute atomic E-state index is 0.0117. The molecule has 1 N–H and O–H groups in total. The summed E-state index contributed by atoms with van der Waals surface area (Å²) in [4.78, 5) is 40.1. The van der Waals surface area contributed by atoms with Gasteiger partial charge in [-0.3, -0.25) is 4.90 Å². The van der Waals surface area contributed by atoms with Gasteiger partial charge in [0.25, 0.3) is 0 Å². The fraction of sp³-hybridized carbons (Fsp3) is 0.591. The van der Waals surface area contributed by atoms with E-state index in [1.165, 1.54) is 9.80 Å². The largest absolute Gasteiger partial charge is 0.450 e. The number of benzene rings is 1. The van der Waals surface area contributed by atoms with Crippen LogP contribution in [0.1, 0.15) is 27.7 Å². The van der Waals surface area contributed by atoms with Gasteiger partial charge in [0, 0.05) is 44.9 Å². The van der Waals surface area contributed by atoms with E-state index in [9.17, 15) is 14.4 Å². The van der Waals surface area contributed by atoms with E-state index in [0.29, 0.717) is 0 Å². The number of nitrogens with one attached hydrogen (secondary N) is 1. The van der Waals surface area contributed by atoms with Gasteiger partial charge in [0.1, 0.15) is 17.9 Å². The first-order valence-electron chi connectivity index (χ1n) is 11.1. The van der Waals surface area contributed by atoms with Gasteiger partial charge < -0.3 is 29.3 Å². The molecule has 3 rings (SSSR count). The van der Waals surface area contributed by atoms with Crippen molar-refractivity contribution in [3.05, 3.63) is 23.8 Å². The molecule has 2 heterocycles. The lowest BCUT2D eigenvalue weighted by Gasteiger charge is -2.37. The van der Waals surface area contributed by atoms with E-state index in [-0.39, 0.29) is 57.3 Å². The fourth-order valence-corrected chi connectivity index (χ4v) is 3.74. The van der Waals surface area contributed by atoms with Crippen LogP contribution in [-0.4, -0.2) is 80.8 Å². The average Bonchev–Trinajstić information content (AvgIpc) is 3.11. The molecule has 10 nitrogen and oxygen atoms in total. The number of amides is 3. The number of nitrogens with zero attached hydrogens (tertiary/aromatic N) is 3. The number of carbonyl (C=O) groups is 3. The maximum atomic E-state index is 15.0. The number of piperazine rings is 1. The lowest BCUT2D eigenvalue weighted by atomic mass is 10.1. The standard InChI is InChI=1S/C22H30F2N4O6/c1-5-32-19(29)25-12-15-13-33-21(31)28(15)14-10-16(23)18(17(24)11-14)26-6-8-27(9-7-26)20(30)34-22(2,3)4/h10-11,15H,5-9,12-13H2,1-4H3,(H,25,29). The van der Waals surface area contributed by atoms with Gasteiger partial charge in [-0.2, -0.15) is 0 Å². The summed E-state index contributed by atoms with van der Waals surface area (Å²) in [5, 5.41) is 2.49. The predicted octanol–water partition coefficient (Wildman–Crippen LogP) is 3.09. The van der Waals surface area contributed by atoms with Gasteiger partial charge in [0.05, 0.1) is 18.3 Å². The van der Waals surface area contributed by atoms with Crippen LogP contribution in [0.4, 0.5) is 34.5 Å². The van der Waals surface area contributed by atoms with E-state index in [0.717, 1.165) is 17.0 Å². The molecule has 0 spiro atoms. The Kier molecular flexibility index (Phi) is 7.68. The van der Waals surface area contributed by atoms with Crippen molar-refractivity contribution in [2.45, 2.75) is 39.3 Å². The third-order valence-corrected chi connectivity index (χ3v) is 5.25. The van der Waals surface area contributed by atoms with E-state index >= 15 is 8.78 Å². The summed E-state index contributed by atoms with van der Waals surface area (Å²) in [6, 6.07) is 1.46. The highest BCUT2D eigenvalue weighted by atomic mass is 19.1. The number of hydrogen-bond donors (Lipinski definition) is 1. The smallest absolute Gasteiger partial charge is 0.414 e. The van der Waals surface area contributed by atoms with Gasteiger partial charge in [0.2, 0.25) is 0 Å². The topological polar surface area (TPSA) is 101 Å². The molecule has 2 saturated heterocycles. The maximum Gasteiger partial charge on any atom is 0.414 e. The third kappa shape index (κ3) is 5.97. The highest BCUT2D eigenvalue weighted by molar-refractivity contribution is 5.90. The van der Waals surface area contributed by atoms with Crippen molar-refractivity contribution in [3.8, 4) is 0 Å². The molecule has 1 aromatic rings. The van der Waals surface area contributed by atoms with Gasteiger partial charge in [-0.1, -0.05) is 0 Å². The second-order valence-corrected chi connectivity index (χ2v) is 8.91. The van der Waals surface area contributed by atoms with Crippen molar-refractivity contribution in [2.75, 3.05) is 55.7 Å². The molecule has 188 valence electrons. The van der Waals surface area contributed by atoms with Crippen molar-refractivity contribution in [3.63, 3.8) is 0 Å². The number of alkyl carbamates (subject to hydrolysis) is 1. The van der Waals surface area contributed by atoms with E-state index < -0.39 is 41.6 Å². The summed E-state index contributed by atoms with van der Waals surface area (Å²) >= 11 is 0. The Morgan fingerprint density at radius 2 is 1.76 bits per heavy atom. The van der Waals surface area contributed by atoms with Gasteiger partial charge in [0.15, 0.2) is 11.6 Å². The van der Waals surface area contributed by atoms with E-state index in [4.69, 9.17) is 14.2 Å². The fourth-order valence-electron chi connectivity index (χ4n) is 3.74. The zero-order valence-electron chi connectivity index (χ0n) is 19.7. The van der Waals surface area contributed by atoms with Crippen LogP contribution in [0.3, 0.4) is 0 Å². The molecule has 12 heteroatoms. The Hall–Kier alpha value is -3.31. The predicted molar refractivity (Wildman–Crippen MR) is 119 cm³/mol. The average molecular weight is 485 g/mol. The van der Waals surface area contributed by atoms with Crippen molar-refractivity contribution in [2.24, 2.45) is 0 Å². The van der Waals surface area contributed by atoms with Crippen LogP contribution in [0.15, 0.2) is 12.1 Å². The van der Waals surface area contributed by atoms with Gasteiger partial charge in [-0.05, 0) is 27.7 Å². The Morgan fingerprint density at radius 1 is 1.15 bits per heavy atom. The molecular formula is C22H30F2N4O6. The Balaban J connectivity index is 1.69. The second kappa shape index (κ2) is 10.3. The first-order chi connectivity index (χ1) is 16.0. The van der Waals surface area contributed by atoms with Crippen LogP contribution >= 0.6 is 0 Å². The highest BCUT2D eigenvalue weighted by Gasteiger charge is 2.36. The molecule has 1 aromatic carbocycles. The monoisotopic (exact) mass is 484 g/mol. The molecule has 0 aromatic heterocycles. The third-order valence-electron chi connectivity index (χ3n) is 5.25. The van der Waals surface area contributed by atoms with E-state index in [1.54, 1.807) is 27.7 Å². The first-order valence-corrected chi connectivity index (χ1v) is 11.1. The van der Waals surface area contributed by atoms with Crippen molar-refractivity contribution in [1.82, 2.24) is 10.2 Å². The summed E-state index contributed by atoms with van der Waals surface area (Å²) in [6.45, 7) is 7.98. The van der Waals surface area contributed by atoms with Crippen molar-refractivity contribution in [1.29, 1.82) is 0 Å². The lowest BCUT2D eigenvalue weighted by molar-refractivity contribution is 0.0240. The first kappa shape index (κ1) is 25.3. The number of rotatable bonds is 5. The molecule has 1 atom stereocenters. The molecule has 2 aliphatic rings. The number of halogens is 2. The van der Waals surface area contributed by atoms with Crippen LogP contribution in [0.5, 0.6) is 0 Å².